The number of fused-ring (bicyclic) bond motifs is 1. The summed E-state index contributed by atoms with van der Waals surface area (Å²) in [4.78, 5) is 2.37. The topological polar surface area (TPSA) is 15.3 Å². The van der Waals surface area contributed by atoms with Crippen LogP contribution in [0, 0.1) is 11.7 Å². The van der Waals surface area contributed by atoms with Gasteiger partial charge in [-0.25, -0.2) is 4.39 Å². The Kier molecular flexibility index (Phi) is 4.25. The van der Waals surface area contributed by atoms with Gasteiger partial charge in [-0.15, -0.1) is 0 Å². The van der Waals surface area contributed by atoms with Crippen molar-refractivity contribution < 1.29 is 4.39 Å². The number of benzene rings is 1. The molecule has 1 unspecified atom stereocenters. The molecule has 2 nitrogen and oxygen atoms in total. The van der Waals surface area contributed by atoms with Crippen molar-refractivity contribution in [2.75, 3.05) is 25.0 Å². The third-order valence-corrected chi connectivity index (χ3v) is 5.05. The van der Waals surface area contributed by atoms with Crippen LogP contribution in [0.5, 0.6) is 0 Å². The summed E-state index contributed by atoms with van der Waals surface area (Å²) < 4.78 is 13.5. The Balaban J connectivity index is 1.70. The standard InChI is InChI=1S/C17H25FN2/c1-19-16(13-5-3-2-4-6-13)12-20-10-9-14-7-8-15(18)11-17(14)20/h7-8,11,13,16,19H,2-6,9-10,12H2,1H3. The van der Waals surface area contributed by atoms with E-state index in [-0.39, 0.29) is 5.82 Å². The van der Waals surface area contributed by atoms with Crippen molar-refractivity contribution in [3.63, 3.8) is 0 Å². The summed E-state index contributed by atoms with van der Waals surface area (Å²) in [6.07, 6.45) is 7.87. The highest BCUT2D eigenvalue weighted by Gasteiger charge is 2.27. The van der Waals surface area contributed by atoms with Crippen LogP contribution in [0.2, 0.25) is 0 Å². The predicted molar refractivity (Wildman–Crippen MR) is 81.7 cm³/mol. The Bertz CT molecular complexity index is 454. The molecule has 20 heavy (non-hydrogen) atoms. The molecule has 3 rings (SSSR count). The fourth-order valence-corrected chi connectivity index (χ4v) is 3.86. The summed E-state index contributed by atoms with van der Waals surface area (Å²) in [5.41, 5.74) is 2.41. The van der Waals surface area contributed by atoms with Crippen LogP contribution in [-0.2, 0) is 6.42 Å². The molecular weight excluding hydrogens is 251 g/mol. The van der Waals surface area contributed by atoms with Crippen LogP contribution in [0.25, 0.3) is 0 Å². The monoisotopic (exact) mass is 276 g/mol. The maximum Gasteiger partial charge on any atom is 0.125 e. The van der Waals surface area contributed by atoms with Crippen molar-refractivity contribution in [3.05, 3.63) is 29.6 Å². The summed E-state index contributed by atoms with van der Waals surface area (Å²) in [7, 11) is 2.07. The van der Waals surface area contributed by atoms with Gasteiger partial charge < -0.3 is 10.2 Å². The number of halogens is 1. The molecule has 1 atom stereocenters. The van der Waals surface area contributed by atoms with Crippen LogP contribution >= 0.6 is 0 Å². The normalized spacial score (nSPS) is 21.0. The molecule has 0 saturated heterocycles. The molecule has 1 N–H and O–H groups in total. The molecule has 1 aromatic rings. The van der Waals surface area contributed by atoms with E-state index < -0.39 is 0 Å². The van der Waals surface area contributed by atoms with Crippen LogP contribution in [0.15, 0.2) is 18.2 Å². The Morgan fingerprint density at radius 3 is 2.85 bits per heavy atom. The Hall–Kier alpha value is -1.09. The summed E-state index contributed by atoms with van der Waals surface area (Å²) >= 11 is 0. The number of hydrogen-bond acceptors (Lipinski definition) is 2. The van der Waals surface area contributed by atoms with Gasteiger partial charge in [0, 0.05) is 24.8 Å². The Morgan fingerprint density at radius 2 is 2.10 bits per heavy atom. The number of anilines is 1. The number of nitrogens with zero attached hydrogens (tertiary/aromatic N) is 1. The van der Waals surface area contributed by atoms with Crippen molar-refractivity contribution in [3.8, 4) is 0 Å². The lowest BCUT2D eigenvalue weighted by Gasteiger charge is -2.34. The molecule has 3 heteroatoms. The highest BCUT2D eigenvalue weighted by molar-refractivity contribution is 5.58. The molecule has 1 aliphatic carbocycles. The van der Waals surface area contributed by atoms with E-state index in [1.807, 2.05) is 6.07 Å². The van der Waals surface area contributed by atoms with Crippen molar-refractivity contribution in [2.45, 2.75) is 44.6 Å². The van der Waals surface area contributed by atoms with Crippen molar-refractivity contribution in [2.24, 2.45) is 5.92 Å². The van der Waals surface area contributed by atoms with E-state index in [1.54, 1.807) is 12.1 Å². The van der Waals surface area contributed by atoms with Gasteiger partial charge in [0.15, 0.2) is 0 Å². The molecule has 0 radical (unpaired) electrons. The summed E-state index contributed by atoms with van der Waals surface area (Å²) in [5.74, 6) is 0.667. The number of rotatable bonds is 4. The maximum atomic E-state index is 13.5. The average Bonchev–Trinajstić information content (AvgIpc) is 2.88. The van der Waals surface area contributed by atoms with E-state index >= 15 is 0 Å². The molecule has 110 valence electrons. The van der Waals surface area contributed by atoms with Gasteiger partial charge in [0.05, 0.1) is 0 Å². The van der Waals surface area contributed by atoms with Gasteiger partial charge in [0.25, 0.3) is 0 Å². The minimum atomic E-state index is -0.116. The van der Waals surface area contributed by atoms with Gasteiger partial charge in [-0.05, 0) is 49.9 Å². The first kappa shape index (κ1) is 13.9. The zero-order chi connectivity index (χ0) is 13.9. The fourth-order valence-electron chi connectivity index (χ4n) is 3.86. The smallest absolute Gasteiger partial charge is 0.125 e. The highest BCUT2D eigenvalue weighted by Crippen LogP contribution is 2.31. The van der Waals surface area contributed by atoms with E-state index in [2.05, 4.69) is 17.3 Å². The lowest BCUT2D eigenvalue weighted by Crippen LogP contribution is -2.44. The quantitative estimate of drug-likeness (QED) is 0.907. The predicted octanol–water partition coefficient (Wildman–Crippen LogP) is 3.36. The summed E-state index contributed by atoms with van der Waals surface area (Å²) in [6.45, 7) is 2.04. The molecule has 0 bridgehead atoms. The molecule has 2 aliphatic rings. The first-order chi connectivity index (χ1) is 9.78. The average molecular weight is 276 g/mol. The number of likely N-dealkylation sites (N-methyl/N-ethyl adjacent to an activating group) is 1. The van der Waals surface area contributed by atoms with Crippen LogP contribution < -0.4 is 10.2 Å². The Labute approximate surface area is 121 Å². The van der Waals surface area contributed by atoms with Crippen molar-refractivity contribution >= 4 is 5.69 Å². The molecule has 1 heterocycles. The molecule has 1 aliphatic heterocycles. The molecular formula is C17H25FN2. The van der Waals surface area contributed by atoms with E-state index in [9.17, 15) is 4.39 Å². The Morgan fingerprint density at radius 1 is 1.30 bits per heavy atom. The van der Waals surface area contributed by atoms with Gasteiger partial charge in [-0.3, -0.25) is 0 Å². The van der Waals surface area contributed by atoms with Gasteiger partial charge in [-0.1, -0.05) is 25.3 Å². The van der Waals surface area contributed by atoms with Crippen LogP contribution in [0.3, 0.4) is 0 Å². The van der Waals surface area contributed by atoms with Crippen LogP contribution in [0.4, 0.5) is 10.1 Å². The lowest BCUT2D eigenvalue weighted by atomic mass is 9.83. The minimum Gasteiger partial charge on any atom is -0.369 e. The highest BCUT2D eigenvalue weighted by atomic mass is 19.1. The van der Waals surface area contributed by atoms with Crippen molar-refractivity contribution in [1.29, 1.82) is 0 Å². The van der Waals surface area contributed by atoms with Crippen molar-refractivity contribution in [1.82, 2.24) is 5.32 Å². The van der Waals surface area contributed by atoms with E-state index in [4.69, 9.17) is 0 Å². The molecule has 1 aromatic carbocycles. The SMILES string of the molecule is CNC(CN1CCc2ccc(F)cc21)C1CCCCC1. The largest absolute Gasteiger partial charge is 0.369 e. The molecule has 1 fully saturated rings. The number of hydrogen-bond donors (Lipinski definition) is 1. The summed E-state index contributed by atoms with van der Waals surface area (Å²) in [6, 6.07) is 5.76. The molecule has 1 saturated carbocycles. The second-order valence-electron chi connectivity index (χ2n) is 6.26. The molecule has 0 aromatic heterocycles. The first-order valence-corrected chi connectivity index (χ1v) is 7.98. The van der Waals surface area contributed by atoms with Gasteiger partial charge in [0.2, 0.25) is 0 Å². The molecule has 0 amide bonds. The van der Waals surface area contributed by atoms with Crippen LogP contribution in [0.1, 0.15) is 37.7 Å². The third kappa shape index (κ3) is 2.83. The van der Waals surface area contributed by atoms with E-state index in [0.717, 1.165) is 31.1 Å². The lowest BCUT2D eigenvalue weighted by molar-refractivity contribution is 0.279. The zero-order valence-electron chi connectivity index (χ0n) is 12.4. The molecule has 0 spiro atoms. The zero-order valence-corrected chi connectivity index (χ0v) is 12.4. The third-order valence-electron chi connectivity index (χ3n) is 5.05. The second kappa shape index (κ2) is 6.13. The second-order valence-corrected chi connectivity index (χ2v) is 6.26. The van der Waals surface area contributed by atoms with Gasteiger partial charge in [-0.2, -0.15) is 0 Å². The minimum absolute atomic E-state index is 0.116. The maximum absolute atomic E-state index is 13.5. The van der Waals surface area contributed by atoms with Gasteiger partial charge >= 0.3 is 0 Å². The number of nitrogens with one attached hydrogen (secondary N) is 1. The summed E-state index contributed by atoms with van der Waals surface area (Å²) in [5, 5.41) is 3.51. The van der Waals surface area contributed by atoms with E-state index in [1.165, 1.54) is 37.7 Å². The van der Waals surface area contributed by atoms with Gasteiger partial charge in [0.1, 0.15) is 5.82 Å². The van der Waals surface area contributed by atoms with Crippen LogP contribution in [-0.4, -0.2) is 26.2 Å². The first-order valence-electron chi connectivity index (χ1n) is 7.98. The fraction of sp³-hybridized carbons (Fsp3) is 0.647. The van der Waals surface area contributed by atoms with E-state index in [0.29, 0.717) is 6.04 Å².